The lowest BCUT2D eigenvalue weighted by molar-refractivity contribution is -0.126. The van der Waals surface area contributed by atoms with Gasteiger partial charge in [-0.2, -0.15) is 0 Å². The summed E-state index contributed by atoms with van der Waals surface area (Å²) in [5, 5.41) is 0. The van der Waals surface area contributed by atoms with E-state index in [1.165, 1.54) is 24.3 Å². The number of hydrogen-bond donors (Lipinski definition) is 0. The lowest BCUT2D eigenvalue weighted by atomic mass is 9.92. The number of benzene rings is 1. The second-order valence-corrected chi connectivity index (χ2v) is 8.13. The van der Waals surface area contributed by atoms with Crippen LogP contribution in [0.4, 0.5) is 4.39 Å². The quantitative estimate of drug-likeness (QED) is 0.831. The van der Waals surface area contributed by atoms with Crippen molar-refractivity contribution in [1.29, 1.82) is 0 Å². The van der Waals surface area contributed by atoms with Gasteiger partial charge in [-0.15, -0.1) is 0 Å². The van der Waals surface area contributed by atoms with Crippen molar-refractivity contribution in [2.45, 2.75) is 30.8 Å². The Labute approximate surface area is 145 Å². The van der Waals surface area contributed by atoms with Gasteiger partial charge in [-0.05, 0) is 37.6 Å². The summed E-state index contributed by atoms with van der Waals surface area (Å²) in [5.41, 5.74) is -0.623. The van der Waals surface area contributed by atoms with Gasteiger partial charge in [0.2, 0.25) is 5.78 Å². The molecule has 0 saturated heterocycles. The number of rotatable bonds is 4. The number of hydrogen-bond acceptors (Lipinski definition) is 5. The fraction of sp³-hybridized carbons (Fsp3) is 0.278. The summed E-state index contributed by atoms with van der Waals surface area (Å²) in [6, 6.07) is 7.02. The Morgan fingerprint density at radius 2 is 1.80 bits per heavy atom. The SMILES string of the molecule is CCC1(C)OC(c2ccc(S(C)(=O)=O)cc2)=C(c2occc2F)C1=O. The largest absolute Gasteiger partial charge is 0.478 e. The number of Topliss-reactive ketones (excluding diaryl/α,β-unsaturated/α-hetero) is 1. The third kappa shape index (κ3) is 2.89. The van der Waals surface area contributed by atoms with Gasteiger partial charge in [0.1, 0.15) is 11.3 Å². The summed E-state index contributed by atoms with van der Waals surface area (Å²) >= 11 is 0. The minimum absolute atomic E-state index is 0.0268. The van der Waals surface area contributed by atoms with E-state index in [0.29, 0.717) is 12.0 Å². The van der Waals surface area contributed by atoms with Crippen LogP contribution in [0.5, 0.6) is 0 Å². The highest BCUT2D eigenvalue weighted by Gasteiger charge is 2.47. The first-order chi connectivity index (χ1) is 11.7. The van der Waals surface area contributed by atoms with Crippen molar-refractivity contribution in [2.75, 3.05) is 6.26 Å². The molecule has 0 saturated carbocycles. The molecule has 0 fully saturated rings. The van der Waals surface area contributed by atoms with Gasteiger partial charge in [0.25, 0.3) is 0 Å². The van der Waals surface area contributed by atoms with Gasteiger partial charge in [0.05, 0.1) is 11.2 Å². The van der Waals surface area contributed by atoms with E-state index in [9.17, 15) is 17.6 Å². The molecule has 132 valence electrons. The van der Waals surface area contributed by atoms with E-state index in [4.69, 9.17) is 9.15 Å². The van der Waals surface area contributed by atoms with Crippen LogP contribution in [0.15, 0.2) is 45.9 Å². The molecular formula is C18H17FO5S. The van der Waals surface area contributed by atoms with Crippen LogP contribution >= 0.6 is 0 Å². The predicted octanol–water partition coefficient (Wildman–Crippen LogP) is 3.46. The van der Waals surface area contributed by atoms with Crippen molar-refractivity contribution in [3.05, 3.63) is 53.7 Å². The highest BCUT2D eigenvalue weighted by molar-refractivity contribution is 7.90. The average Bonchev–Trinajstić information content (AvgIpc) is 3.09. The maximum Gasteiger partial charge on any atom is 0.213 e. The molecule has 5 nitrogen and oxygen atoms in total. The molecule has 25 heavy (non-hydrogen) atoms. The fourth-order valence-corrected chi connectivity index (χ4v) is 3.29. The molecule has 3 rings (SSSR count). The molecule has 1 aliphatic heterocycles. The first-order valence-electron chi connectivity index (χ1n) is 7.69. The van der Waals surface area contributed by atoms with Gasteiger partial charge in [-0.3, -0.25) is 4.79 Å². The zero-order valence-corrected chi connectivity index (χ0v) is 14.8. The van der Waals surface area contributed by atoms with Crippen molar-refractivity contribution < 1.29 is 26.8 Å². The highest BCUT2D eigenvalue weighted by Crippen LogP contribution is 2.43. The van der Waals surface area contributed by atoms with Crippen LogP contribution in [0.2, 0.25) is 0 Å². The second-order valence-electron chi connectivity index (χ2n) is 6.11. The monoisotopic (exact) mass is 364 g/mol. The summed E-state index contributed by atoms with van der Waals surface area (Å²) in [4.78, 5) is 13.0. The molecule has 0 N–H and O–H groups in total. The van der Waals surface area contributed by atoms with Gasteiger partial charge in [-0.25, -0.2) is 12.8 Å². The van der Waals surface area contributed by atoms with Crippen molar-refractivity contribution in [1.82, 2.24) is 0 Å². The van der Waals surface area contributed by atoms with Gasteiger partial charge < -0.3 is 9.15 Å². The molecule has 1 unspecified atom stereocenters. The molecule has 1 atom stereocenters. The van der Waals surface area contributed by atoms with Crippen LogP contribution in [0, 0.1) is 5.82 Å². The van der Waals surface area contributed by atoms with Crippen molar-refractivity contribution in [3.8, 4) is 0 Å². The van der Waals surface area contributed by atoms with Gasteiger partial charge in [0, 0.05) is 17.9 Å². The lowest BCUT2D eigenvalue weighted by Gasteiger charge is -2.21. The maximum atomic E-state index is 14.0. The molecule has 0 amide bonds. The van der Waals surface area contributed by atoms with Gasteiger partial charge >= 0.3 is 0 Å². The zero-order chi connectivity index (χ0) is 18.4. The molecule has 1 aliphatic rings. The van der Waals surface area contributed by atoms with E-state index in [0.717, 1.165) is 18.6 Å². The van der Waals surface area contributed by atoms with E-state index in [-0.39, 0.29) is 27.8 Å². The number of ether oxygens (including phenoxy) is 1. The van der Waals surface area contributed by atoms with Crippen molar-refractivity contribution in [3.63, 3.8) is 0 Å². The van der Waals surface area contributed by atoms with Crippen LogP contribution in [-0.4, -0.2) is 26.1 Å². The van der Waals surface area contributed by atoms with E-state index >= 15 is 0 Å². The molecule has 7 heteroatoms. The number of ketones is 1. The Hall–Kier alpha value is -2.41. The standard InChI is InChI=1S/C18H17FO5S/c1-4-18(2)17(20)14(16-13(19)9-10-23-16)15(24-18)11-5-7-12(8-6-11)25(3,21)22/h5-10H,4H2,1-3H3. The van der Waals surface area contributed by atoms with Crippen molar-refractivity contribution in [2.24, 2.45) is 0 Å². The van der Waals surface area contributed by atoms with Crippen LogP contribution in [0.1, 0.15) is 31.6 Å². The summed E-state index contributed by atoms with van der Waals surface area (Å²) in [5.74, 6) is -1.02. The number of halogens is 1. The summed E-state index contributed by atoms with van der Waals surface area (Å²) in [7, 11) is -3.35. The van der Waals surface area contributed by atoms with Crippen LogP contribution < -0.4 is 0 Å². The average molecular weight is 364 g/mol. The first kappa shape index (κ1) is 17.4. The van der Waals surface area contributed by atoms with Gasteiger partial charge in [-0.1, -0.05) is 6.92 Å². The molecule has 1 aromatic carbocycles. The van der Waals surface area contributed by atoms with Crippen LogP contribution in [-0.2, 0) is 19.4 Å². The van der Waals surface area contributed by atoms with E-state index in [2.05, 4.69) is 0 Å². The van der Waals surface area contributed by atoms with E-state index in [1.807, 2.05) is 0 Å². The molecule has 2 heterocycles. The Morgan fingerprint density at radius 3 is 2.28 bits per heavy atom. The number of carbonyl (C=O) groups is 1. The lowest BCUT2D eigenvalue weighted by Crippen LogP contribution is -2.32. The molecule has 0 bridgehead atoms. The van der Waals surface area contributed by atoms with Crippen LogP contribution in [0.3, 0.4) is 0 Å². The topological polar surface area (TPSA) is 73.6 Å². The minimum atomic E-state index is -3.35. The minimum Gasteiger partial charge on any atom is -0.478 e. The summed E-state index contributed by atoms with van der Waals surface area (Å²) < 4.78 is 48.3. The summed E-state index contributed by atoms with van der Waals surface area (Å²) in [6.45, 7) is 3.43. The number of furan rings is 1. The summed E-state index contributed by atoms with van der Waals surface area (Å²) in [6.07, 6.45) is 2.66. The Morgan fingerprint density at radius 1 is 1.16 bits per heavy atom. The third-order valence-electron chi connectivity index (χ3n) is 4.33. The number of sulfone groups is 1. The molecule has 1 aromatic heterocycles. The highest BCUT2D eigenvalue weighted by atomic mass is 32.2. The third-order valence-corrected chi connectivity index (χ3v) is 5.45. The maximum absolute atomic E-state index is 14.0. The molecule has 0 aliphatic carbocycles. The predicted molar refractivity (Wildman–Crippen MR) is 89.8 cm³/mol. The smallest absolute Gasteiger partial charge is 0.213 e. The Kier molecular flexibility index (Phi) is 4.07. The number of carbonyl (C=O) groups excluding carboxylic acids is 1. The Bertz CT molecular complexity index is 969. The van der Waals surface area contributed by atoms with Crippen molar-refractivity contribution >= 4 is 27.0 Å². The molecular weight excluding hydrogens is 347 g/mol. The zero-order valence-electron chi connectivity index (χ0n) is 14.0. The van der Waals surface area contributed by atoms with Gasteiger partial charge in [0.15, 0.2) is 27.0 Å². The Balaban J connectivity index is 2.17. The second kappa shape index (κ2) is 5.84. The van der Waals surface area contributed by atoms with Crippen LogP contribution in [0.25, 0.3) is 11.3 Å². The fourth-order valence-electron chi connectivity index (χ4n) is 2.66. The van der Waals surface area contributed by atoms with E-state index in [1.54, 1.807) is 13.8 Å². The molecule has 0 spiro atoms. The molecule has 0 radical (unpaired) electrons. The van der Waals surface area contributed by atoms with E-state index < -0.39 is 21.3 Å². The normalized spacial score (nSPS) is 20.9. The molecule has 2 aromatic rings. The first-order valence-corrected chi connectivity index (χ1v) is 9.58.